The highest BCUT2D eigenvalue weighted by atomic mass is 35.5. The summed E-state index contributed by atoms with van der Waals surface area (Å²) in [5, 5.41) is 0.650. The molecule has 5 nitrogen and oxygen atoms in total. The molecule has 1 aliphatic rings. The predicted octanol–water partition coefficient (Wildman–Crippen LogP) is 6.38. The van der Waals surface area contributed by atoms with Crippen LogP contribution in [0.15, 0.2) is 72.8 Å². The van der Waals surface area contributed by atoms with Crippen molar-refractivity contribution in [3.63, 3.8) is 0 Å². The molecule has 0 bridgehead atoms. The average molecular weight is 525 g/mol. The second kappa shape index (κ2) is 12.3. The first-order valence-electron chi connectivity index (χ1n) is 12.3. The van der Waals surface area contributed by atoms with Crippen molar-refractivity contribution in [2.24, 2.45) is 0 Å². The fraction of sp³-hybridized carbons (Fsp3) is 0.310. The second-order valence-corrected chi connectivity index (χ2v) is 9.65. The molecule has 0 saturated carbocycles. The highest BCUT2D eigenvalue weighted by molar-refractivity contribution is 6.39. The van der Waals surface area contributed by atoms with E-state index in [1.165, 1.54) is 0 Å². The topological polar surface area (TPSA) is 49.9 Å². The minimum absolute atomic E-state index is 0.0379. The number of nitrogens with zero attached hydrogens (tertiary/aromatic N) is 2. The van der Waals surface area contributed by atoms with Gasteiger partial charge in [0.2, 0.25) is 0 Å². The van der Waals surface area contributed by atoms with Gasteiger partial charge < -0.3 is 14.5 Å². The van der Waals surface area contributed by atoms with Crippen LogP contribution >= 0.6 is 23.2 Å². The molecule has 0 fully saturated rings. The molecule has 3 aromatic rings. The van der Waals surface area contributed by atoms with Gasteiger partial charge in [-0.15, -0.1) is 0 Å². The van der Waals surface area contributed by atoms with Crippen LogP contribution in [0.1, 0.15) is 46.0 Å². The van der Waals surface area contributed by atoms with Crippen LogP contribution in [-0.4, -0.2) is 53.9 Å². The van der Waals surface area contributed by atoms with E-state index in [-0.39, 0.29) is 24.5 Å². The highest BCUT2D eigenvalue weighted by Gasteiger charge is 2.30. The Morgan fingerprint density at radius 2 is 1.58 bits per heavy atom. The maximum absolute atomic E-state index is 13.9. The maximum atomic E-state index is 13.9. The molecule has 1 atom stereocenters. The Balaban J connectivity index is 1.73. The predicted molar refractivity (Wildman–Crippen MR) is 144 cm³/mol. The molecule has 36 heavy (non-hydrogen) atoms. The Labute approximate surface area is 222 Å². The fourth-order valence-electron chi connectivity index (χ4n) is 4.55. The lowest BCUT2D eigenvalue weighted by atomic mass is 10.0. The zero-order valence-corrected chi connectivity index (χ0v) is 21.8. The largest absolute Gasteiger partial charge is 0.491 e. The summed E-state index contributed by atoms with van der Waals surface area (Å²) in [6.45, 7) is 3.88. The summed E-state index contributed by atoms with van der Waals surface area (Å²) >= 11 is 12.9. The Morgan fingerprint density at radius 1 is 0.917 bits per heavy atom. The monoisotopic (exact) mass is 524 g/mol. The number of halogens is 2. The minimum atomic E-state index is -0.294. The van der Waals surface area contributed by atoms with Crippen molar-refractivity contribution in [1.29, 1.82) is 0 Å². The van der Waals surface area contributed by atoms with Crippen molar-refractivity contribution in [2.45, 2.75) is 32.2 Å². The first-order valence-corrected chi connectivity index (χ1v) is 13.0. The summed E-state index contributed by atoms with van der Waals surface area (Å²) in [5.41, 5.74) is 1.92. The number of fused-ring (bicyclic) bond motifs is 1. The lowest BCUT2D eigenvalue weighted by Gasteiger charge is -2.34. The van der Waals surface area contributed by atoms with Gasteiger partial charge in [-0.3, -0.25) is 9.59 Å². The Bertz CT molecular complexity index is 1180. The van der Waals surface area contributed by atoms with Crippen molar-refractivity contribution in [3.8, 4) is 5.75 Å². The third-order valence-corrected chi connectivity index (χ3v) is 7.12. The summed E-state index contributed by atoms with van der Waals surface area (Å²) < 4.78 is 6.28. The fourth-order valence-corrected chi connectivity index (χ4v) is 5.11. The van der Waals surface area contributed by atoms with Gasteiger partial charge in [-0.25, -0.2) is 0 Å². The molecule has 1 aliphatic heterocycles. The first-order chi connectivity index (χ1) is 17.5. The highest BCUT2D eigenvalue weighted by Crippen LogP contribution is 2.28. The molecule has 3 aromatic carbocycles. The number of hydrogen-bond acceptors (Lipinski definition) is 3. The first kappa shape index (κ1) is 26.1. The third kappa shape index (κ3) is 6.03. The van der Waals surface area contributed by atoms with Gasteiger partial charge in [-0.1, -0.05) is 71.7 Å². The van der Waals surface area contributed by atoms with Crippen LogP contribution < -0.4 is 4.74 Å². The third-order valence-electron chi connectivity index (χ3n) is 6.49. The van der Waals surface area contributed by atoms with Gasteiger partial charge in [0.1, 0.15) is 12.4 Å². The molecule has 7 heteroatoms. The SMILES string of the molecule is CCN1CCCCN(C(=O)c2c(Cl)cccc2Cl)[C@@H](Cc2ccccc2)COc2ccccc2C1=O. The Kier molecular flexibility index (Phi) is 8.89. The average Bonchev–Trinajstić information content (AvgIpc) is 2.88. The van der Waals surface area contributed by atoms with E-state index in [2.05, 4.69) is 0 Å². The summed E-state index contributed by atoms with van der Waals surface area (Å²) in [4.78, 5) is 30.8. The molecule has 0 aliphatic carbocycles. The molecule has 0 unspecified atom stereocenters. The standard InChI is InChI=1S/C29H30Cl2N2O3/c1-2-32-17-8-9-18-33(29(35)27-24(30)14-10-15-25(27)31)22(19-21-11-4-3-5-12-21)20-36-26-16-7-6-13-23(26)28(32)34/h3-7,10-16,22H,2,8-9,17-20H2,1H3/t22-/m0/s1. The van der Waals surface area contributed by atoms with Gasteiger partial charge >= 0.3 is 0 Å². The molecule has 0 aromatic heterocycles. The van der Waals surface area contributed by atoms with Gasteiger partial charge in [-0.05, 0) is 56.0 Å². The second-order valence-electron chi connectivity index (χ2n) is 8.84. The smallest absolute Gasteiger partial charge is 0.257 e. The van der Waals surface area contributed by atoms with Crippen LogP contribution in [0.5, 0.6) is 5.75 Å². The molecule has 188 valence electrons. The normalized spacial score (nSPS) is 17.0. The summed E-state index contributed by atoms with van der Waals surface area (Å²) in [7, 11) is 0. The van der Waals surface area contributed by atoms with Crippen LogP contribution in [0.2, 0.25) is 10.0 Å². The van der Waals surface area contributed by atoms with E-state index in [1.54, 1.807) is 24.3 Å². The molecule has 0 saturated heterocycles. The molecule has 0 N–H and O–H groups in total. The van der Waals surface area contributed by atoms with Crippen LogP contribution in [0.4, 0.5) is 0 Å². The van der Waals surface area contributed by atoms with Gasteiger partial charge in [0.15, 0.2) is 0 Å². The Morgan fingerprint density at radius 3 is 2.31 bits per heavy atom. The van der Waals surface area contributed by atoms with Crippen molar-refractivity contribution >= 4 is 35.0 Å². The van der Waals surface area contributed by atoms with E-state index >= 15 is 0 Å². The number of carbonyl (C=O) groups is 2. The molecule has 2 amide bonds. The molecule has 0 radical (unpaired) electrons. The molecule has 4 rings (SSSR count). The minimum Gasteiger partial charge on any atom is -0.491 e. The van der Waals surface area contributed by atoms with E-state index in [0.29, 0.717) is 53.0 Å². The number of benzene rings is 3. The zero-order valence-electron chi connectivity index (χ0n) is 20.3. The van der Waals surface area contributed by atoms with Crippen LogP contribution in [0, 0.1) is 0 Å². The van der Waals surface area contributed by atoms with Gasteiger partial charge in [-0.2, -0.15) is 0 Å². The lowest BCUT2D eigenvalue weighted by Crippen LogP contribution is -2.46. The summed E-state index contributed by atoms with van der Waals surface area (Å²) in [6.07, 6.45) is 2.08. The maximum Gasteiger partial charge on any atom is 0.257 e. The zero-order chi connectivity index (χ0) is 25.5. The number of carbonyl (C=O) groups excluding carboxylic acids is 2. The molecular weight excluding hydrogens is 495 g/mol. The number of hydrogen-bond donors (Lipinski definition) is 0. The van der Waals surface area contributed by atoms with E-state index in [4.69, 9.17) is 27.9 Å². The molecule has 0 spiro atoms. The van der Waals surface area contributed by atoms with Crippen LogP contribution in [-0.2, 0) is 6.42 Å². The van der Waals surface area contributed by atoms with E-state index in [0.717, 1.165) is 18.4 Å². The van der Waals surface area contributed by atoms with Gasteiger partial charge in [0, 0.05) is 19.6 Å². The Hall–Kier alpha value is -3.02. The van der Waals surface area contributed by atoms with Crippen LogP contribution in [0.25, 0.3) is 0 Å². The van der Waals surface area contributed by atoms with Crippen molar-refractivity contribution in [3.05, 3.63) is 99.5 Å². The van der Waals surface area contributed by atoms with Crippen LogP contribution in [0.3, 0.4) is 0 Å². The number of ether oxygens (including phenoxy) is 1. The van der Waals surface area contributed by atoms with E-state index < -0.39 is 0 Å². The van der Waals surface area contributed by atoms with Crippen molar-refractivity contribution < 1.29 is 14.3 Å². The van der Waals surface area contributed by atoms with E-state index in [9.17, 15) is 9.59 Å². The van der Waals surface area contributed by atoms with Gasteiger partial charge in [0.25, 0.3) is 11.8 Å². The summed E-state index contributed by atoms with van der Waals surface area (Å²) in [5.74, 6) is 0.260. The quantitative estimate of drug-likeness (QED) is 0.397. The number of amides is 2. The van der Waals surface area contributed by atoms with Crippen molar-refractivity contribution in [1.82, 2.24) is 9.80 Å². The molecular formula is C29H30Cl2N2O3. The molecule has 1 heterocycles. The van der Waals surface area contributed by atoms with Gasteiger partial charge in [0.05, 0.1) is 27.2 Å². The lowest BCUT2D eigenvalue weighted by molar-refractivity contribution is 0.0586. The van der Waals surface area contributed by atoms with E-state index in [1.807, 2.05) is 65.3 Å². The number of para-hydroxylation sites is 1. The van der Waals surface area contributed by atoms with Crippen molar-refractivity contribution in [2.75, 3.05) is 26.2 Å². The summed E-state index contributed by atoms with van der Waals surface area (Å²) in [6, 6.07) is 22.1. The number of rotatable bonds is 4.